The summed E-state index contributed by atoms with van der Waals surface area (Å²) in [7, 11) is 1.52. The van der Waals surface area contributed by atoms with Gasteiger partial charge in [-0.3, -0.25) is 9.59 Å². The molecule has 0 aliphatic heterocycles. The van der Waals surface area contributed by atoms with Gasteiger partial charge in [0, 0.05) is 19.8 Å². The van der Waals surface area contributed by atoms with Crippen molar-refractivity contribution in [2.75, 3.05) is 13.6 Å². The van der Waals surface area contributed by atoms with Gasteiger partial charge in [-0.15, -0.1) is 0 Å². The largest absolute Gasteiger partial charge is 0.481 e. The van der Waals surface area contributed by atoms with E-state index >= 15 is 0 Å². The number of pyridine rings is 1. The summed E-state index contributed by atoms with van der Waals surface area (Å²) in [4.78, 5) is 27.2. The van der Waals surface area contributed by atoms with E-state index < -0.39 is 5.97 Å². The highest BCUT2D eigenvalue weighted by atomic mass is 35.5. The van der Waals surface area contributed by atoms with E-state index in [0.717, 1.165) is 0 Å². The second-order valence-electron chi connectivity index (χ2n) is 3.21. The van der Waals surface area contributed by atoms with Crippen molar-refractivity contribution in [3.8, 4) is 0 Å². The van der Waals surface area contributed by atoms with E-state index in [1.165, 1.54) is 18.1 Å². The number of amides is 1. The maximum atomic E-state index is 11.8. The Hall–Kier alpha value is -1.62. The maximum Gasteiger partial charge on any atom is 0.305 e. The van der Waals surface area contributed by atoms with E-state index in [1.807, 2.05) is 0 Å². The molecule has 1 N–H and O–H groups in total. The molecule has 0 spiro atoms. The van der Waals surface area contributed by atoms with E-state index in [1.54, 1.807) is 12.1 Å². The summed E-state index contributed by atoms with van der Waals surface area (Å²) in [6.45, 7) is 0.138. The van der Waals surface area contributed by atoms with Crippen LogP contribution in [-0.4, -0.2) is 40.5 Å². The van der Waals surface area contributed by atoms with E-state index in [9.17, 15) is 9.59 Å². The van der Waals surface area contributed by atoms with Gasteiger partial charge in [0.15, 0.2) is 0 Å². The first-order valence-corrected chi connectivity index (χ1v) is 4.98. The minimum absolute atomic E-state index is 0.0971. The topological polar surface area (TPSA) is 70.5 Å². The Morgan fingerprint density at radius 1 is 1.56 bits per heavy atom. The molecule has 5 nitrogen and oxygen atoms in total. The number of aromatic nitrogens is 1. The fourth-order valence-corrected chi connectivity index (χ4v) is 1.32. The van der Waals surface area contributed by atoms with E-state index in [4.69, 9.17) is 16.7 Å². The van der Waals surface area contributed by atoms with E-state index in [2.05, 4.69) is 4.98 Å². The molecule has 6 heteroatoms. The van der Waals surface area contributed by atoms with Crippen molar-refractivity contribution in [2.45, 2.75) is 6.42 Å². The van der Waals surface area contributed by atoms with Crippen LogP contribution in [0.1, 0.15) is 16.8 Å². The highest BCUT2D eigenvalue weighted by Crippen LogP contribution is 2.13. The van der Waals surface area contributed by atoms with Gasteiger partial charge < -0.3 is 10.0 Å². The van der Waals surface area contributed by atoms with Gasteiger partial charge in [-0.05, 0) is 12.1 Å². The molecule has 0 unspecified atom stereocenters. The lowest BCUT2D eigenvalue weighted by molar-refractivity contribution is -0.137. The van der Waals surface area contributed by atoms with Crippen molar-refractivity contribution in [1.29, 1.82) is 0 Å². The molecule has 1 amide bonds. The number of halogens is 1. The normalized spacial score (nSPS) is 9.88. The zero-order chi connectivity index (χ0) is 12.1. The summed E-state index contributed by atoms with van der Waals surface area (Å²) < 4.78 is 0. The number of nitrogens with zero attached hydrogens (tertiary/aromatic N) is 2. The zero-order valence-electron chi connectivity index (χ0n) is 8.68. The van der Waals surface area contributed by atoms with Crippen LogP contribution in [-0.2, 0) is 4.79 Å². The third kappa shape index (κ3) is 3.20. The number of carboxylic acids is 1. The van der Waals surface area contributed by atoms with Gasteiger partial charge in [0.05, 0.1) is 12.0 Å². The minimum Gasteiger partial charge on any atom is -0.481 e. The molecule has 86 valence electrons. The molecule has 0 aliphatic rings. The van der Waals surface area contributed by atoms with Crippen molar-refractivity contribution in [3.63, 3.8) is 0 Å². The predicted octanol–water partition coefficient (Wildman–Crippen LogP) is 1.28. The van der Waals surface area contributed by atoms with Gasteiger partial charge in [0.2, 0.25) is 0 Å². The number of hydrogen-bond acceptors (Lipinski definition) is 3. The Morgan fingerprint density at radius 3 is 2.81 bits per heavy atom. The fraction of sp³-hybridized carbons (Fsp3) is 0.300. The maximum absolute atomic E-state index is 11.8. The number of carbonyl (C=O) groups is 2. The van der Waals surface area contributed by atoms with Gasteiger partial charge in [0.1, 0.15) is 5.15 Å². The predicted molar refractivity (Wildman–Crippen MR) is 58.5 cm³/mol. The SMILES string of the molecule is CN(CCC(=O)O)C(=O)c1cccnc1Cl. The Kier molecular flexibility index (Phi) is 4.25. The van der Waals surface area contributed by atoms with Crippen LogP contribution in [0.2, 0.25) is 5.15 Å². The highest BCUT2D eigenvalue weighted by Gasteiger charge is 2.15. The van der Waals surface area contributed by atoms with Crippen molar-refractivity contribution in [2.24, 2.45) is 0 Å². The molecule has 0 saturated heterocycles. The van der Waals surface area contributed by atoms with Crippen LogP contribution in [0.3, 0.4) is 0 Å². The molecule has 1 heterocycles. The second-order valence-corrected chi connectivity index (χ2v) is 3.57. The minimum atomic E-state index is -0.947. The summed E-state index contributed by atoms with van der Waals surface area (Å²) >= 11 is 5.75. The van der Waals surface area contributed by atoms with Crippen LogP contribution in [0.4, 0.5) is 0 Å². The number of hydrogen-bond donors (Lipinski definition) is 1. The molecular formula is C10H11ClN2O3. The summed E-state index contributed by atoms with van der Waals surface area (Å²) in [5.74, 6) is -1.28. The summed E-state index contributed by atoms with van der Waals surface area (Å²) in [5, 5.41) is 8.61. The lowest BCUT2D eigenvalue weighted by Crippen LogP contribution is -2.29. The molecule has 0 bridgehead atoms. The summed E-state index contributed by atoms with van der Waals surface area (Å²) in [6.07, 6.45) is 1.39. The first kappa shape index (κ1) is 12.4. The molecule has 1 aromatic rings. The fourth-order valence-electron chi connectivity index (χ4n) is 1.12. The van der Waals surface area contributed by atoms with Gasteiger partial charge in [-0.1, -0.05) is 11.6 Å². The zero-order valence-corrected chi connectivity index (χ0v) is 9.44. The first-order valence-electron chi connectivity index (χ1n) is 4.60. The third-order valence-corrected chi connectivity index (χ3v) is 2.30. The average Bonchev–Trinajstić information content (AvgIpc) is 2.25. The molecular weight excluding hydrogens is 232 g/mol. The molecule has 0 fully saturated rings. The smallest absolute Gasteiger partial charge is 0.305 e. The van der Waals surface area contributed by atoms with E-state index in [0.29, 0.717) is 0 Å². The molecule has 0 atom stereocenters. The molecule has 0 aromatic carbocycles. The molecule has 1 rings (SSSR count). The van der Waals surface area contributed by atoms with Crippen molar-refractivity contribution in [1.82, 2.24) is 9.88 Å². The van der Waals surface area contributed by atoms with Crippen molar-refractivity contribution < 1.29 is 14.7 Å². The molecule has 0 saturated carbocycles. The first-order chi connectivity index (χ1) is 7.52. The van der Waals surface area contributed by atoms with Gasteiger partial charge in [-0.25, -0.2) is 4.98 Å². The summed E-state index contributed by atoms with van der Waals surface area (Å²) in [5.41, 5.74) is 0.275. The number of aliphatic carboxylic acids is 1. The standard InChI is InChI=1S/C10H11ClN2O3/c1-13(6-4-8(14)15)10(16)7-3-2-5-12-9(7)11/h2-3,5H,4,6H2,1H3,(H,14,15). The number of carbonyl (C=O) groups excluding carboxylic acids is 1. The molecule has 16 heavy (non-hydrogen) atoms. The van der Waals surface area contributed by atoms with Gasteiger partial charge >= 0.3 is 5.97 Å². The molecule has 1 aromatic heterocycles. The third-order valence-electron chi connectivity index (χ3n) is 2.00. The van der Waals surface area contributed by atoms with Gasteiger partial charge in [0.25, 0.3) is 5.91 Å². The van der Waals surface area contributed by atoms with E-state index in [-0.39, 0.29) is 29.6 Å². The number of carboxylic acid groups (broad SMARTS) is 1. The Bertz CT molecular complexity index is 409. The van der Waals surface area contributed by atoms with Crippen LogP contribution in [0, 0.1) is 0 Å². The van der Waals surface area contributed by atoms with Crippen LogP contribution >= 0.6 is 11.6 Å². The van der Waals surface area contributed by atoms with Gasteiger partial charge in [-0.2, -0.15) is 0 Å². The Labute approximate surface area is 97.7 Å². The second kappa shape index (κ2) is 5.46. The van der Waals surface area contributed by atoms with Crippen LogP contribution in [0.5, 0.6) is 0 Å². The van der Waals surface area contributed by atoms with Crippen LogP contribution < -0.4 is 0 Å². The summed E-state index contributed by atoms with van der Waals surface area (Å²) in [6, 6.07) is 3.15. The monoisotopic (exact) mass is 242 g/mol. The quantitative estimate of drug-likeness (QED) is 0.808. The molecule has 0 aliphatic carbocycles. The Morgan fingerprint density at radius 2 is 2.25 bits per heavy atom. The number of rotatable bonds is 4. The average molecular weight is 243 g/mol. The molecule has 0 radical (unpaired) electrons. The van der Waals surface area contributed by atoms with Crippen molar-refractivity contribution in [3.05, 3.63) is 29.0 Å². The highest BCUT2D eigenvalue weighted by molar-refractivity contribution is 6.32. The van der Waals surface area contributed by atoms with Crippen molar-refractivity contribution >= 4 is 23.5 Å². The van der Waals surface area contributed by atoms with Crippen LogP contribution in [0.15, 0.2) is 18.3 Å². The lowest BCUT2D eigenvalue weighted by Gasteiger charge is -2.16. The Balaban J connectivity index is 2.71. The van der Waals surface area contributed by atoms with Crippen LogP contribution in [0.25, 0.3) is 0 Å². The lowest BCUT2D eigenvalue weighted by atomic mass is 10.2.